The van der Waals surface area contributed by atoms with Crippen molar-refractivity contribution in [2.45, 2.75) is 18.1 Å². The number of aromatic carboxylic acids is 1. The van der Waals surface area contributed by atoms with Gasteiger partial charge < -0.3 is 14.6 Å². The van der Waals surface area contributed by atoms with E-state index in [1.54, 1.807) is 0 Å². The first kappa shape index (κ1) is 15.6. The zero-order valence-corrected chi connectivity index (χ0v) is 12.4. The number of anilines is 1. The summed E-state index contributed by atoms with van der Waals surface area (Å²) in [5.41, 5.74) is 0.115. The molecule has 2 N–H and O–H groups in total. The van der Waals surface area contributed by atoms with Crippen LogP contribution in [0.4, 0.5) is 5.69 Å². The van der Waals surface area contributed by atoms with Crippen molar-refractivity contribution >= 4 is 21.7 Å². The number of nitrogens with one attached hydrogen (secondary N) is 1. The molecule has 8 heteroatoms. The number of carboxylic acids is 1. The zero-order valence-electron chi connectivity index (χ0n) is 11.5. The molecule has 0 aliphatic carbocycles. The summed E-state index contributed by atoms with van der Waals surface area (Å²) in [6.07, 6.45) is 0.826. The van der Waals surface area contributed by atoms with Gasteiger partial charge in [-0.15, -0.1) is 0 Å². The molecule has 1 aliphatic heterocycles. The normalized spacial score (nSPS) is 16.4. The quantitative estimate of drug-likeness (QED) is 0.849. The van der Waals surface area contributed by atoms with Crippen molar-refractivity contribution < 1.29 is 27.8 Å². The lowest BCUT2D eigenvalue weighted by Crippen LogP contribution is -2.33. The zero-order chi connectivity index (χ0) is 15.5. The van der Waals surface area contributed by atoms with Crippen molar-refractivity contribution in [3.63, 3.8) is 0 Å². The Labute approximate surface area is 122 Å². The largest absolute Gasteiger partial charge is 0.495 e. The Kier molecular flexibility index (Phi) is 4.69. The molecule has 1 fully saturated rings. The molecule has 0 unspecified atom stereocenters. The molecule has 0 radical (unpaired) electrons. The predicted molar refractivity (Wildman–Crippen MR) is 76.3 cm³/mol. The maximum Gasteiger partial charge on any atom is 0.335 e. The third kappa shape index (κ3) is 3.64. The molecule has 2 rings (SSSR count). The summed E-state index contributed by atoms with van der Waals surface area (Å²) in [5.74, 6) is -0.861. The lowest BCUT2D eigenvalue weighted by atomic mass is 10.2. The third-order valence-corrected chi connectivity index (χ3v) is 5.16. The fourth-order valence-electron chi connectivity index (χ4n) is 2.14. The molecule has 21 heavy (non-hydrogen) atoms. The molecule has 0 bridgehead atoms. The van der Waals surface area contributed by atoms with Gasteiger partial charge in [-0.3, -0.25) is 4.72 Å². The van der Waals surface area contributed by atoms with E-state index in [9.17, 15) is 13.2 Å². The van der Waals surface area contributed by atoms with E-state index >= 15 is 0 Å². The van der Waals surface area contributed by atoms with Gasteiger partial charge in [-0.25, -0.2) is 13.2 Å². The van der Waals surface area contributed by atoms with Crippen LogP contribution in [0.2, 0.25) is 0 Å². The highest BCUT2D eigenvalue weighted by molar-refractivity contribution is 7.93. The van der Waals surface area contributed by atoms with E-state index in [0.29, 0.717) is 26.1 Å². The average Bonchev–Trinajstić information content (AvgIpc) is 2.47. The van der Waals surface area contributed by atoms with E-state index in [0.717, 1.165) is 0 Å². The van der Waals surface area contributed by atoms with Gasteiger partial charge in [0.05, 0.1) is 23.6 Å². The summed E-state index contributed by atoms with van der Waals surface area (Å²) in [7, 11) is -2.22. The van der Waals surface area contributed by atoms with E-state index in [1.807, 2.05) is 0 Å². The Balaban J connectivity index is 2.28. The minimum atomic E-state index is -3.61. The maximum atomic E-state index is 12.3. The minimum Gasteiger partial charge on any atom is -0.495 e. The van der Waals surface area contributed by atoms with Gasteiger partial charge >= 0.3 is 5.97 Å². The number of rotatable bonds is 5. The number of ether oxygens (including phenoxy) is 2. The van der Waals surface area contributed by atoms with Gasteiger partial charge in [0.15, 0.2) is 0 Å². The molecule has 1 saturated heterocycles. The molecule has 0 aromatic heterocycles. The Morgan fingerprint density at radius 1 is 1.38 bits per heavy atom. The number of carbonyl (C=O) groups is 1. The highest BCUT2D eigenvalue weighted by Crippen LogP contribution is 2.28. The molecule has 1 heterocycles. The van der Waals surface area contributed by atoms with Crippen molar-refractivity contribution in [3.8, 4) is 5.75 Å². The van der Waals surface area contributed by atoms with Crippen LogP contribution in [0.5, 0.6) is 5.75 Å². The van der Waals surface area contributed by atoms with Gasteiger partial charge in [-0.2, -0.15) is 0 Å². The summed E-state index contributed by atoms with van der Waals surface area (Å²) in [4.78, 5) is 11.0. The van der Waals surface area contributed by atoms with Gasteiger partial charge in [-0.05, 0) is 31.0 Å². The van der Waals surface area contributed by atoms with Crippen LogP contribution in [0.25, 0.3) is 0 Å². The molecule has 1 aliphatic rings. The number of benzene rings is 1. The molecule has 0 saturated carbocycles. The highest BCUT2D eigenvalue weighted by Gasteiger charge is 2.28. The highest BCUT2D eigenvalue weighted by atomic mass is 32.2. The molecule has 7 nitrogen and oxygen atoms in total. The minimum absolute atomic E-state index is 0.0134. The third-order valence-electron chi connectivity index (χ3n) is 3.31. The van der Waals surface area contributed by atoms with Crippen LogP contribution in [-0.4, -0.2) is 45.1 Å². The molecule has 116 valence electrons. The van der Waals surface area contributed by atoms with Crippen LogP contribution in [0.15, 0.2) is 18.2 Å². The van der Waals surface area contributed by atoms with E-state index in [4.69, 9.17) is 14.6 Å². The Morgan fingerprint density at radius 3 is 2.62 bits per heavy atom. The summed E-state index contributed by atoms with van der Waals surface area (Å²) >= 11 is 0. The average molecular weight is 315 g/mol. The van der Waals surface area contributed by atoms with Crippen LogP contribution in [-0.2, 0) is 14.8 Å². The summed E-state index contributed by atoms with van der Waals surface area (Å²) in [5, 5.41) is 8.43. The maximum absolute atomic E-state index is 12.3. The first-order valence-electron chi connectivity index (χ1n) is 6.45. The monoisotopic (exact) mass is 315 g/mol. The van der Waals surface area contributed by atoms with Crippen molar-refractivity contribution in [3.05, 3.63) is 23.8 Å². The molecular formula is C13H17NO6S. The van der Waals surface area contributed by atoms with Crippen molar-refractivity contribution in [2.24, 2.45) is 0 Å². The Hall–Kier alpha value is -1.80. The van der Waals surface area contributed by atoms with Gasteiger partial charge in [0.25, 0.3) is 0 Å². The lowest BCUT2D eigenvalue weighted by molar-refractivity contribution is 0.0697. The van der Waals surface area contributed by atoms with Gasteiger partial charge in [-0.1, -0.05) is 0 Å². The smallest absolute Gasteiger partial charge is 0.335 e. The molecule has 0 amide bonds. The number of hydrogen-bond donors (Lipinski definition) is 2. The van der Waals surface area contributed by atoms with Crippen molar-refractivity contribution in [1.82, 2.24) is 0 Å². The standard InChI is InChI=1S/C13H17NO6S/c1-19-12-3-2-9(13(15)16)8-11(12)14-21(17,18)10-4-6-20-7-5-10/h2-3,8,10,14H,4-7H2,1H3,(H,15,16). The van der Waals surface area contributed by atoms with Crippen LogP contribution in [0.1, 0.15) is 23.2 Å². The summed E-state index contributed by atoms with van der Waals surface area (Å²) < 4.78 is 37.3. The van der Waals surface area contributed by atoms with Gasteiger partial charge in [0.2, 0.25) is 10.0 Å². The number of methoxy groups -OCH3 is 1. The Morgan fingerprint density at radius 2 is 2.05 bits per heavy atom. The molecule has 0 atom stereocenters. The number of hydrogen-bond acceptors (Lipinski definition) is 5. The predicted octanol–water partition coefficient (Wildman–Crippen LogP) is 1.31. The second-order valence-electron chi connectivity index (χ2n) is 4.68. The number of sulfonamides is 1. The van der Waals surface area contributed by atoms with Gasteiger partial charge in [0, 0.05) is 13.2 Å². The first-order chi connectivity index (χ1) is 9.94. The summed E-state index contributed by atoms with van der Waals surface area (Å²) in [6, 6.07) is 4.02. The molecule has 1 aromatic rings. The fourth-order valence-corrected chi connectivity index (χ4v) is 3.59. The fraction of sp³-hybridized carbons (Fsp3) is 0.462. The molecular weight excluding hydrogens is 298 g/mol. The lowest BCUT2D eigenvalue weighted by Gasteiger charge is -2.23. The van der Waals surface area contributed by atoms with Crippen molar-refractivity contribution in [2.75, 3.05) is 25.0 Å². The Bertz CT molecular complexity index is 622. The van der Waals surface area contributed by atoms with Crippen LogP contribution in [0, 0.1) is 0 Å². The topological polar surface area (TPSA) is 102 Å². The molecule has 0 spiro atoms. The second-order valence-corrected chi connectivity index (χ2v) is 6.64. The SMILES string of the molecule is COc1ccc(C(=O)O)cc1NS(=O)(=O)C1CCOCC1. The van der Waals surface area contributed by atoms with Crippen LogP contribution < -0.4 is 9.46 Å². The second kappa shape index (κ2) is 6.31. The number of carboxylic acid groups (broad SMARTS) is 1. The van der Waals surface area contributed by atoms with Crippen LogP contribution in [0.3, 0.4) is 0 Å². The van der Waals surface area contributed by atoms with Gasteiger partial charge in [0.1, 0.15) is 5.75 Å². The van der Waals surface area contributed by atoms with E-state index in [2.05, 4.69) is 4.72 Å². The van der Waals surface area contributed by atoms with E-state index in [1.165, 1.54) is 25.3 Å². The molecule has 1 aromatic carbocycles. The van der Waals surface area contributed by atoms with E-state index < -0.39 is 21.2 Å². The van der Waals surface area contributed by atoms with Crippen molar-refractivity contribution in [1.29, 1.82) is 0 Å². The van der Waals surface area contributed by atoms with Crippen LogP contribution >= 0.6 is 0 Å². The first-order valence-corrected chi connectivity index (χ1v) is 7.99. The summed E-state index contributed by atoms with van der Waals surface area (Å²) in [6.45, 7) is 0.801. The van der Waals surface area contributed by atoms with E-state index in [-0.39, 0.29) is 17.0 Å².